The molecule has 0 aliphatic heterocycles. The first-order valence-corrected chi connectivity index (χ1v) is 7.11. The third-order valence-corrected chi connectivity index (χ3v) is 4.00. The van der Waals surface area contributed by atoms with Gasteiger partial charge >= 0.3 is 0 Å². The van der Waals surface area contributed by atoms with Crippen molar-refractivity contribution in [1.82, 2.24) is 4.57 Å². The van der Waals surface area contributed by atoms with Crippen LogP contribution in [0.2, 0.25) is 0 Å². The third-order valence-electron chi connectivity index (χ3n) is 4.00. The number of aromatic nitrogens is 2. The second-order valence-electron chi connectivity index (χ2n) is 5.44. The molecule has 2 atom stereocenters. The van der Waals surface area contributed by atoms with Gasteiger partial charge in [0.05, 0.1) is 6.10 Å². The molecule has 108 valence electrons. The van der Waals surface area contributed by atoms with Crippen LogP contribution in [0.15, 0.2) is 49.1 Å². The van der Waals surface area contributed by atoms with E-state index in [4.69, 9.17) is 0 Å². The zero-order valence-electron chi connectivity index (χ0n) is 11.5. The molecular weight excluding hydrogens is 316 g/mol. The molecule has 1 saturated carbocycles. The van der Waals surface area contributed by atoms with Crippen molar-refractivity contribution in [2.45, 2.75) is 44.4 Å². The lowest BCUT2D eigenvalue weighted by molar-refractivity contribution is -0.688. The predicted molar refractivity (Wildman–Crippen MR) is 73.7 cm³/mol. The summed E-state index contributed by atoms with van der Waals surface area (Å²) < 4.78 is 4.35. The van der Waals surface area contributed by atoms with Gasteiger partial charge in [0.25, 0.3) is 0 Å². The standard InChI is InChI=1S/C16H21N2O.BrH/c19-16-9-5-4-8-15(16)18-11-10-17(13-18)12-14-6-2-1-3-7-14;/h1-3,6-7,10-11,13,15-16,19H,4-5,8-9,12H2;1H/q+1;/p-1/t15-,16-;/m0./s1. The largest absolute Gasteiger partial charge is 1.00 e. The smallest absolute Gasteiger partial charge is 0.244 e. The van der Waals surface area contributed by atoms with Crippen LogP contribution in [0.3, 0.4) is 0 Å². The summed E-state index contributed by atoms with van der Waals surface area (Å²) in [4.78, 5) is 0. The molecule has 3 rings (SSSR count). The van der Waals surface area contributed by atoms with E-state index in [1.165, 1.54) is 12.0 Å². The highest BCUT2D eigenvalue weighted by Crippen LogP contribution is 2.27. The van der Waals surface area contributed by atoms with Gasteiger partial charge in [-0.25, -0.2) is 9.13 Å². The van der Waals surface area contributed by atoms with Crippen LogP contribution in [-0.4, -0.2) is 15.8 Å². The number of nitrogens with zero attached hydrogens (tertiary/aromatic N) is 2. The summed E-state index contributed by atoms with van der Waals surface area (Å²) in [6, 6.07) is 10.7. The van der Waals surface area contributed by atoms with E-state index in [1.54, 1.807) is 0 Å². The lowest BCUT2D eigenvalue weighted by Crippen LogP contribution is -3.00. The van der Waals surface area contributed by atoms with Crippen molar-refractivity contribution < 1.29 is 26.7 Å². The summed E-state index contributed by atoms with van der Waals surface area (Å²) in [6.45, 7) is 0.886. The highest BCUT2D eigenvalue weighted by atomic mass is 79.9. The van der Waals surface area contributed by atoms with E-state index in [9.17, 15) is 5.11 Å². The van der Waals surface area contributed by atoms with E-state index in [-0.39, 0.29) is 29.1 Å². The van der Waals surface area contributed by atoms with Crippen molar-refractivity contribution >= 4 is 0 Å². The molecule has 1 N–H and O–H groups in total. The first-order valence-electron chi connectivity index (χ1n) is 7.11. The Kier molecular flexibility index (Phi) is 5.38. The molecule has 0 amide bonds. The summed E-state index contributed by atoms with van der Waals surface area (Å²) >= 11 is 0. The fourth-order valence-corrected chi connectivity index (χ4v) is 2.93. The molecule has 0 saturated heterocycles. The molecule has 1 heterocycles. The lowest BCUT2D eigenvalue weighted by Gasteiger charge is -2.24. The maximum absolute atomic E-state index is 10.1. The molecule has 20 heavy (non-hydrogen) atoms. The molecule has 0 unspecified atom stereocenters. The summed E-state index contributed by atoms with van der Waals surface area (Å²) in [6.07, 6.45) is 10.5. The van der Waals surface area contributed by atoms with Crippen molar-refractivity contribution in [3.05, 3.63) is 54.6 Å². The minimum atomic E-state index is -0.189. The van der Waals surface area contributed by atoms with Crippen LogP contribution in [0.5, 0.6) is 0 Å². The van der Waals surface area contributed by atoms with Crippen LogP contribution < -0.4 is 21.5 Å². The van der Waals surface area contributed by atoms with Gasteiger partial charge in [-0.1, -0.05) is 36.8 Å². The van der Waals surface area contributed by atoms with Gasteiger partial charge in [0.15, 0.2) is 0 Å². The topological polar surface area (TPSA) is 29.0 Å². The van der Waals surface area contributed by atoms with Crippen molar-refractivity contribution in [2.24, 2.45) is 0 Å². The van der Waals surface area contributed by atoms with Crippen LogP contribution in [0.4, 0.5) is 0 Å². The highest BCUT2D eigenvalue weighted by molar-refractivity contribution is 5.13. The summed E-state index contributed by atoms with van der Waals surface area (Å²) in [7, 11) is 0. The molecule has 0 spiro atoms. The Labute approximate surface area is 130 Å². The van der Waals surface area contributed by atoms with Gasteiger partial charge in [0, 0.05) is 0 Å². The van der Waals surface area contributed by atoms with Crippen LogP contribution >= 0.6 is 0 Å². The van der Waals surface area contributed by atoms with Gasteiger partial charge in [-0.05, 0) is 24.8 Å². The molecule has 1 aliphatic rings. The van der Waals surface area contributed by atoms with Crippen LogP contribution in [0.25, 0.3) is 0 Å². The molecule has 2 aromatic rings. The van der Waals surface area contributed by atoms with E-state index in [0.29, 0.717) is 0 Å². The number of hydrogen-bond donors (Lipinski definition) is 1. The normalized spacial score (nSPS) is 22.2. The molecule has 3 nitrogen and oxygen atoms in total. The van der Waals surface area contributed by atoms with Crippen molar-refractivity contribution in [1.29, 1.82) is 0 Å². The first kappa shape index (κ1) is 15.3. The van der Waals surface area contributed by atoms with Gasteiger partial charge < -0.3 is 22.1 Å². The predicted octanol–water partition coefficient (Wildman–Crippen LogP) is -0.696. The number of imidazole rings is 1. The van der Waals surface area contributed by atoms with Crippen molar-refractivity contribution in [3.8, 4) is 0 Å². The maximum atomic E-state index is 10.1. The second-order valence-corrected chi connectivity index (χ2v) is 5.44. The molecule has 1 fully saturated rings. The van der Waals surface area contributed by atoms with E-state index >= 15 is 0 Å². The van der Waals surface area contributed by atoms with E-state index in [0.717, 1.165) is 25.8 Å². The Morgan fingerprint density at radius 2 is 1.90 bits per heavy atom. The zero-order chi connectivity index (χ0) is 13.1. The number of hydrogen-bond acceptors (Lipinski definition) is 1. The molecular formula is C16H21BrN2O. The van der Waals surface area contributed by atoms with Crippen LogP contribution in [-0.2, 0) is 6.54 Å². The summed E-state index contributed by atoms with van der Waals surface area (Å²) in [5.74, 6) is 0. The average molecular weight is 337 g/mol. The Bertz CT molecular complexity index is 526. The Hall–Kier alpha value is -1.13. The fourth-order valence-electron chi connectivity index (χ4n) is 2.93. The number of aliphatic hydroxyl groups is 1. The first-order chi connectivity index (χ1) is 9.33. The van der Waals surface area contributed by atoms with E-state index < -0.39 is 0 Å². The molecule has 0 radical (unpaired) electrons. The number of halogens is 1. The number of aliphatic hydroxyl groups excluding tert-OH is 1. The minimum absolute atomic E-state index is 0. The minimum Gasteiger partial charge on any atom is -1.00 e. The molecule has 1 aliphatic carbocycles. The fraction of sp³-hybridized carbons (Fsp3) is 0.438. The van der Waals surface area contributed by atoms with Gasteiger partial charge in [-0.15, -0.1) is 0 Å². The Balaban J connectivity index is 0.00000147. The summed E-state index contributed by atoms with van der Waals surface area (Å²) in [5.41, 5.74) is 1.30. The zero-order valence-corrected chi connectivity index (χ0v) is 13.1. The molecule has 4 heteroatoms. The third kappa shape index (κ3) is 3.49. The van der Waals surface area contributed by atoms with Crippen molar-refractivity contribution in [2.75, 3.05) is 0 Å². The molecule has 1 aromatic carbocycles. The quantitative estimate of drug-likeness (QED) is 0.738. The van der Waals surface area contributed by atoms with Gasteiger partial charge in [0.1, 0.15) is 25.0 Å². The Morgan fingerprint density at radius 1 is 1.15 bits per heavy atom. The van der Waals surface area contributed by atoms with E-state index in [1.807, 2.05) is 6.07 Å². The number of rotatable bonds is 3. The average Bonchev–Trinajstić information content (AvgIpc) is 2.89. The van der Waals surface area contributed by atoms with Crippen LogP contribution in [0, 0.1) is 0 Å². The molecule has 1 aromatic heterocycles. The van der Waals surface area contributed by atoms with Gasteiger partial charge in [0.2, 0.25) is 6.33 Å². The lowest BCUT2D eigenvalue weighted by atomic mass is 9.92. The summed E-state index contributed by atoms with van der Waals surface area (Å²) in [5, 5.41) is 10.1. The second kappa shape index (κ2) is 7.04. The molecule has 0 bridgehead atoms. The van der Waals surface area contributed by atoms with Gasteiger partial charge in [-0.3, -0.25) is 0 Å². The SMILES string of the molecule is O[C@H]1CCCC[C@@H]1n1cc[n+](Cc2ccccc2)c1.[Br-]. The van der Waals surface area contributed by atoms with Gasteiger partial charge in [-0.2, -0.15) is 0 Å². The Morgan fingerprint density at radius 3 is 2.65 bits per heavy atom. The van der Waals surface area contributed by atoms with Crippen LogP contribution in [0.1, 0.15) is 37.3 Å². The monoisotopic (exact) mass is 336 g/mol. The van der Waals surface area contributed by atoms with Crippen molar-refractivity contribution in [3.63, 3.8) is 0 Å². The van der Waals surface area contributed by atoms with E-state index in [2.05, 4.69) is 52.1 Å². The number of benzene rings is 1. The maximum Gasteiger partial charge on any atom is 0.244 e. The highest BCUT2D eigenvalue weighted by Gasteiger charge is 2.28.